The lowest BCUT2D eigenvalue weighted by Gasteiger charge is -1.83. The molecule has 0 aliphatic rings. The highest BCUT2D eigenvalue weighted by Crippen LogP contribution is 1.78. The molecule has 0 aromatic rings. The van der Waals surface area contributed by atoms with Crippen LogP contribution in [0.25, 0.3) is 0 Å². The first-order chi connectivity index (χ1) is 3.77. The van der Waals surface area contributed by atoms with E-state index in [1.165, 1.54) is 0 Å². The molecule has 0 aliphatic heterocycles. The Morgan fingerprint density at radius 3 is 2.62 bits per heavy atom. The van der Waals surface area contributed by atoms with Crippen molar-refractivity contribution < 1.29 is 0 Å². The summed E-state index contributed by atoms with van der Waals surface area (Å²) in [6, 6.07) is 0. The number of nitrogens with one attached hydrogen (secondary N) is 1. The predicted octanol–water partition coefficient (Wildman–Crippen LogP) is 0.582. The van der Waals surface area contributed by atoms with Gasteiger partial charge in [0, 0.05) is 12.7 Å². The number of rotatable bonds is 2. The van der Waals surface area contributed by atoms with Gasteiger partial charge in [-0.15, -0.1) is 0 Å². The molecule has 0 unspecified atom stereocenters. The van der Waals surface area contributed by atoms with E-state index < -0.39 is 0 Å². The maximum atomic E-state index is 5.32. The molecule has 46 valence electrons. The Labute approximate surface area is 50.1 Å². The summed E-state index contributed by atoms with van der Waals surface area (Å²) in [5, 5.41) is 2.84. The van der Waals surface area contributed by atoms with Gasteiger partial charge in [0.1, 0.15) is 0 Å². The molecule has 0 aromatic carbocycles. The highest BCUT2D eigenvalue weighted by Gasteiger charge is 1.66. The summed E-state index contributed by atoms with van der Waals surface area (Å²) < 4.78 is 0. The second-order valence-corrected chi connectivity index (χ2v) is 1.56. The maximum absolute atomic E-state index is 5.32. The summed E-state index contributed by atoms with van der Waals surface area (Å²) in [6.45, 7) is 1.85. The van der Waals surface area contributed by atoms with E-state index in [2.05, 4.69) is 5.32 Å². The van der Waals surface area contributed by atoms with Gasteiger partial charge in [0.05, 0.1) is 0 Å². The van der Waals surface area contributed by atoms with Crippen molar-refractivity contribution in [1.29, 1.82) is 0 Å². The number of hydrogen-bond donors (Lipinski definition) is 2. The average molecular weight is 112 g/mol. The largest absolute Gasteiger partial charge is 0.402 e. The van der Waals surface area contributed by atoms with E-state index in [9.17, 15) is 0 Å². The molecular weight excluding hydrogens is 100 g/mol. The molecule has 0 fully saturated rings. The van der Waals surface area contributed by atoms with Gasteiger partial charge in [0.15, 0.2) is 0 Å². The van der Waals surface area contributed by atoms with Crippen LogP contribution in [0.5, 0.6) is 0 Å². The van der Waals surface area contributed by atoms with Gasteiger partial charge in [-0.1, -0.05) is 0 Å². The van der Waals surface area contributed by atoms with Crippen LogP contribution in [0.2, 0.25) is 0 Å². The van der Waals surface area contributed by atoms with Crippen LogP contribution < -0.4 is 11.1 Å². The molecule has 0 heterocycles. The van der Waals surface area contributed by atoms with Crippen LogP contribution >= 0.6 is 0 Å². The highest BCUT2D eigenvalue weighted by molar-refractivity contribution is 5.06. The standard InChI is InChI=1S/C6H12N2/c1-6(7)4-3-5-8-2/h3-5,8H,7H2,1-2H3/b5-3-,6-4+. The van der Waals surface area contributed by atoms with Gasteiger partial charge >= 0.3 is 0 Å². The fraction of sp³-hybridized carbons (Fsp3) is 0.333. The first kappa shape index (κ1) is 7.08. The van der Waals surface area contributed by atoms with Crippen molar-refractivity contribution in [1.82, 2.24) is 5.32 Å². The third kappa shape index (κ3) is 5.08. The van der Waals surface area contributed by atoms with Crippen molar-refractivity contribution in [3.05, 3.63) is 24.0 Å². The second kappa shape index (κ2) is 4.24. The monoisotopic (exact) mass is 112 g/mol. The van der Waals surface area contributed by atoms with Crippen LogP contribution in [0.4, 0.5) is 0 Å². The van der Waals surface area contributed by atoms with E-state index >= 15 is 0 Å². The minimum Gasteiger partial charge on any atom is -0.402 e. The SMILES string of the molecule is CN/C=C\C=C(/C)N. The van der Waals surface area contributed by atoms with E-state index in [1.807, 2.05) is 32.3 Å². The van der Waals surface area contributed by atoms with Crippen LogP contribution in [0, 0.1) is 0 Å². The van der Waals surface area contributed by atoms with Crippen molar-refractivity contribution in [2.75, 3.05) is 7.05 Å². The van der Waals surface area contributed by atoms with E-state index in [4.69, 9.17) is 5.73 Å². The van der Waals surface area contributed by atoms with Crippen LogP contribution in [0.1, 0.15) is 6.92 Å². The minimum atomic E-state index is 0.816. The zero-order valence-electron chi connectivity index (χ0n) is 5.31. The summed E-state index contributed by atoms with van der Waals surface area (Å²) in [5.41, 5.74) is 6.13. The Kier molecular flexibility index (Phi) is 3.76. The molecule has 0 aromatic heterocycles. The van der Waals surface area contributed by atoms with Gasteiger partial charge in [-0.2, -0.15) is 0 Å². The fourth-order valence-electron chi connectivity index (χ4n) is 0.296. The topological polar surface area (TPSA) is 38.0 Å². The van der Waals surface area contributed by atoms with Crippen LogP contribution in [0.15, 0.2) is 24.0 Å². The zero-order chi connectivity index (χ0) is 6.41. The molecule has 0 radical (unpaired) electrons. The van der Waals surface area contributed by atoms with Gasteiger partial charge in [-0.25, -0.2) is 0 Å². The predicted molar refractivity (Wildman–Crippen MR) is 36.1 cm³/mol. The van der Waals surface area contributed by atoms with Crippen molar-refractivity contribution in [3.8, 4) is 0 Å². The van der Waals surface area contributed by atoms with Gasteiger partial charge < -0.3 is 11.1 Å². The third-order valence-corrected chi connectivity index (χ3v) is 0.622. The molecule has 0 aliphatic carbocycles. The van der Waals surface area contributed by atoms with Gasteiger partial charge in [-0.3, -0.25) is 0 Å². The summed E-state index contributed by atoms with van der Waals surface area (Å²) in [6.07, 6.45) is 5.50. The molecule has 3 N–H and O–H groups in total. The summed E-state index contributed by atoms with van der Waals surface area (Å²) in [5.74, 6) is 0. The van der Waals surface area contributed by atoms with Gasteiger partial charge in [0.2, 0.25) is 0 Å². The molecule has 2 heteroatoms. The lowest BCUT2D eigenvalue weighted by Crippen LogP contribution is -1.92. The van der Waals surface area contributed by atoms with Crippen molar-refractivity contribution in [2.24, 2.45) is 5.73 Å². The molecule has 2 nitrogen and oxygen atoms in total. The quantitative estimate of drug-likeness (QED) is 0.513. The zero-order valence-corrected chi connectivity index (χ0v) is 5.31. The van der Waals surface area contributed by atoms with Crippen molar-refractivity contribution in [2.45, 2.75) is 6.92 Å². The molecule has 0 rings (SSSR count). The molecule has 0 amide bonds. The maximum Gasteiger partial charge on any atom is 0.00494 e. The van der Waals surface area contributed by atoms with Gasteiger partial charge in [0.25, 0.3) is 0 Å². The molecule has 0 spiro atoms. The number of nitrogens with two attached hydrogens (primary N) is 1. The first-order valence-electron chi connectivity index (χ1n) is 2.53. The number of hydrogen-bond acceptors (Lipinski definition) is 2. The third-order valence-electron chi connectivity index (χ3n) is 0.622. The Bertz CT molecular complexity index is 99.1. The van der Waals surface area contributed by atoms with E-state index in [0.29, 0.717) is 0 Å². The number of allylic oxidation sites excluding steroid dienone is 3. The van der Waals surface area contributed by atoms with Crippen LogP contribution in [-0.4, -0.2) is 7.05 Å². The van der Waals surface area contributed by atoms with E-state index in [0.717, 1.165) is 5.70 Å². The van der Waals surface area contributed by atoms with Gasteiger partial charge in [-0.05, 0) is 25.3 Å². The van der Waals surface area contributed by atoms with Crippen LogP contribution in [-0.2, 0) is 0 Å². The minimum absolute atomic E-state index is 0.816. The molecule has 0 saturated carbocycles. The van der Waals surface area contributed by atoms with Crippen molar-refractivity contribution >= 4 is 0 Å². The Morgan fingerprint density at radius 1 is 1.62 bits per heavy atom. The lowest BCUT2D eigenvalue weighted by molar-refractivity contribution is 1.10. The molecule has 0 saturated heterocycles. The molecule has 8 heavy (non-hydrogen) atoms. The first-order valence-corrected chi connectivity index (χ1v) is 2.53. The summed E-state index contributed by atoms with van der Waals surface area (Å²) in [7, 11) is 1.84. The van der Waals surface area contributed by atoms with Crippen LogP contribution in [0.3, 0.4) is 0 Å². The summed E-state index contributed by atoms with van der Waals surface area (Å²) >= 11 is 0. The molecule has 0 bridgehead atoms. The van der Waals surface area contributed by atoms with E-state index in [1.54, 1.807) is 0 Å². The average Bonchev–Trinajstić information content (AvgIpc) is 1.66. The smallest absolute Gasteiger partial charge is 0.00494 e. The molecule has 0 atom stereocenters. The Morgan fingerprint density at radius 2 is 2.25 bits per heavy atom. The fourth-order valence-corrected chi connectivity index (χ4v) is 0.296. The Hall–Kier alpha value is -0.920. The van der Waals surface area contributed by atoms with E-state index in [-0.39, 0.29) is 0 Å². The normalized spacial score (nSPS) is 12.5. The molecular formula is C6H12N2. The van der Waals surface area contributed by atoms with Crippen molar-refractivity contribution in [3.63, 3.8) is 0 Å². The Balaban J connectivity index is 3.42. The second-order valence-electron chi connectivity index (χ2n) is 1.56. The highest BCUT2D eigenvalue weighted by atomic mass is 14.8. The lowest BCUT2D eigenvalue weighted by atomic mass is 10.4. The summed E-state index contributed by atoms with van der Waals surface area (Å²) in [4.78, 5) is 0.